The Bertz CT molecular complexity index is 704. The minimum Gasteiger partial charge on any atom is -0.434 e. The second-order valence-electron chi connectivity index (χ2n) is 5.77. The van der Waals surface area contributed by atoms with Crippen molar-refractivity contribution in [3.63, 3.8) is 0 Å². The smallest absolute Gasteiger partial charge is 0.397 e. The standard InChI is InChI=1S/C15H20NO4S/c1-11-5-7-14(8-6-11)21(18,19)16-10-15(4,9-12(2)17)20-13(16)3/h5-8H,9-10H2,1-4H3/q+1. The van der Waals surface area contributed by atoms with Crippen LogP contribution in [0, 0.1) is 6.92 Å². The zero-order chi connectivity index (χ0) is 15.8. The molecule has 0 aliphatic carbocycles. The van der Waals surface area contributed by atoms with E-state index >= 15 is 0 Å². The lowest BCUT2D eigenvalue weighted by Crippen LogP contribution is -2.35. The Kier molecular flexibility index (Phi) is 3.93. The average Bonchev–Trinajstić information content (AvgIpc) is 2.64. The van der Waals surface area contributed by atoms with Gasteiger partial charge in [-0.25, -0.2) is 0 Å². The molecule has 1 aliphatic rings. The number of ketones is 1. The molecule has 2 rings (SSSR count). The summed E-state index contributed by atoms with van der Waals surface area (Å²) in [5.41, 5.74) is 0.196. The maximum absolute atomic E-state index is 12.7. The van der Waals surface area contributed by atoms with Gasteiger partial charge in [-0.15, -0.1) is 0 Å². The van der Waals surface area contributed by atoms with Gasteiger partial charge in [0.15, 0.2) is 5.60 Å². The predicted octanol–water partition coefficient (Wildman–Crippen LogP) is 1.88. The van der Waals surface area contributed by atoms with Gasteiger partial charge in [-0.1, -0.05) is 21.7 Å². The molecular formula is C15H20NO4S+. The number of nitrogens with zero attached hydrogens (tertiary/aromatic N) is 1. The lowest BCUT2D eigenvalue weighted by molar-refractivity contribution is -0.364. The van der Waals surface area contributed by atoms with Crippen molar-refractivity contribution in [2.75, 3.05) is 6.54 Å². The molecule has 1 heterocycles. The zero-order valence-corrected chi connectivity index (χ0v) is 13.5. The molecule has 0 fully saturated rings. The van der Waals surface area contributed by atoms with Crippen LogP contribution in [0.15, 0.2) is 29.2 Å². The van der Waals surface area contributed by atoms with Crippen LogP contribution in [0.3, 0.4) is 0 Å². The predicted molar refractivity (Wildman–Crippen MR) is 79.0 cm³/mol. The average molecular weight is 310 g/mol. The summed E-state index contributed by atoms with van der Waals surface area (Å²) in [6, 6.07) is 6.68. The van der Waals surface area contributed by atoms with Crippen molar-refractivity contribution >= 4 is 21.7 Å². The third-order valence-electron chi connectivity index (χ3n) is 3.46. The van der Waals surface area contributed by atoms with Crippen molar-refractivity contribution in [3.05, 3.63) is 29.8 Å². The molecule has 1 aromatic rings. The van der Waals surface area contributed by atoms with Gasteiger partial charge in [0.1, 0.15) is 10.7 Å². The minimum absolute atomic E-state index is 0.0279. The Morgan fingerprint density at radius 1 is 1.29 bits per heavy atom. The number of aryl methyl sites for hydroxylation is 1. The van der Waals surface area contributed by atoms with E-state index in [4.69, 9.17) is 4.74 Å². The van der Waals surface area contributed by atoms with Crippen LogP contribution in [-0.2, 0) is 19.6 Å². The number of hydrogen-bond acceptors (Lipinski definition) is 4. The molecule has 1 unspecified atom stereocenters. The molecular weight excluding hydrogens is 290 g/mol. The van der Waals surface area contributed by atoms with Crippen LogP contribution in [0.5, 0.6) is 0 Å². The van der Waals surface area contributed by atoms with Crippen LogP contribution in [0.4, 0.5) is 0 Å². The highest BCUT2D eigenvalue weighted by molar-refractivity contribution is 7.85. The van der Waals surface area contributed by atoms with Crippen LogP contribution >= 0.6 is 0 Å². The monoisotopic (exact) mass is 310 g/mol. The molecule has 1 aromatic carbocycles. The van der Waals surface area contributed by atoms with Gasteiger partial charge < -0.3 is 4.74 Å². The molecule has 1 aliphatic heterocycles. The van der Waals surface area contributed by atoms with E-state index in [1.54, 1.807) is 38.1 Å². The first-order valence-electron chi connectivity index (χ1n) is 6.75. The Hall–Kier alpha value is -1.69. The molecule has 0 amide bonds. The fourth-order valence-corrected chi connectivity index (χ4v) is 4.12. The van der Waals surface area contributed by atoms with E-state index in [-0.39, 0.29) is 23.6 Å². The number of hydrogen-bond donors (Lipinski definition) is 0. The molecule has 0 bridgehead atoms. The van der Waals surface area contributed by atoms with E-state index in [1.165, 1.54) is 10.9 Å². The molecule has 0 N–H and O–H groups in total. The maximum Gasteiger partial charge on any atom is 0.397 e. The fraction of sp³-hybridized carbons (Fsp3) is 0.467. The molecule has 0 radical (unpaired) electrons. The summed E-state index contributed by atoms with van der Waals surface area (Å²) in [6.07, 6.45) is 0.185. The molecule has 0 aromatic heterocycles. The van der Waals surface area contributed by atoms with Gasteiger partial charge in [0.25, 0.3) is 0 Å². The van der Waals surface area contributed by atoms with E-state index in [2.05, 4.69) is 0 Å². The van der Waals surface area contributed by atoms with E-state index < -0.39 is 15.6 Å². The number of carbonyl (C=O) groups is 1. The van der Waals surface area contributed by atoms with Gasteiger partial charge >= 0.3 is 15.9 Å². The van der Waals surface area contributed by atoms with Crippen LogP contribution in [-0.4, -0.2) is 36.2 Å². The molecule has 5 nitrogen and oxygen atoms in total. The Morgan fingerprint density at radius 2 is 1.86 bits per heavy atom. The van der Waals surface area contributed by atoms with Crippen LogP contribution in [0.25, 0.3) is 0 Å². The van der Waals surface area contributed by atoms with Gasteiger partial charge in [-0.2, -0.15) is 8.42 Å². The van der Waals surface area contributed by atoms with Crippen molar-refractivity contribution in [1.82, 2.24) is 0 Å². The Labute approximate surface area is 125 Å². The minimum atomic E-state index is -3.65. The third kappa shape index (κ3) is 3.15. The zero-order valence-electron chi connectivity index (χ0n) is 12.7. The number of benzene rings is 1. The van der Waals surface area contributed by atoms with Gasteiger partial charge in [0, 0.05) is 0 Å². The number of Topliss-reactive ketones (excluding diaryl/α,β-unsaturated/α-hetero) is 1. The second-order valence-corrected chi connectivity index (χ2v) is 7.64. The summed E-state index contributed by atoms with van der Waals surface area (Å²) >= 11 is 0. The molecule has 21 heavy (non-hydrogen) atoms. The Balaban J connectivity index is 2.35. The topological polar surface area (TPSA) is 63.5 Å². The van der Waals surface area contributed by atoms with Crippen molar-refractivity contribution in [3.8, 4) is 0 Å². The molecule has 0 saturated heterocycles. The van der Waals surface area contributed by atoms with E-state index in [0.717, 1.165) is 5.56 Å². The van der Waals surface area contributed by atoms with Gasteiger partial charge in [-0.05, 0) is 32.9 Å². The van der Waals surface area contributed by atoms with E-state index in [9.17, 15) is 13.2 Å². The first-order chi connectivity index (χ1) is 9.64. The quantitative estimate of drug-likeness (QED) is 0.797. The number of carbonyl (C=O) groups excluding carboxylic acids is 1. The molecule has 1 atom stereocenters. The van der Waals surface area contributed by atoms with Crippen LogP contribution < -0.4 is 0 Å². The first kappa shape index (κ1) is 15.7. The summed E-state index contributed by atoms with van der Waals surface area (Å²) in [7, 11) is -3.65. The highest BCUT2D eigenvalue weighted by Crippen LogP contribution is 2.26. The second kappa shape index (κ2) is 5.26. The lowest BCUT2D eigenvalue weighted by Gasteiger charge is -2.17. The first-order valence-corrected chi connectivity index (χ1v) is 8.19. The highest BCUT2D eigenvalue weighted by atomic mass is 32.2. The maximum atomic E-state index is 12.7. The number of sulfonamides is 1. The fourth-order valence-electron chi connectivity index (χ4n) is 2.57. The normalized spacial score (nSPS) is 22.3. The van der Waals surface area contributed by atoms with Gasteiger partial charge in [0.05, 0.1) is 13.3 Å². The highest BCUT2D eigenvalue weighted by Gasteiger charge is 2.48. The van der Waals surface area contributed by atoms with Gasteiger partial charge in [-0.3, -0.25) is 4.79 Å². The molecule has 0 saturated carbocycles. The van der Waals surface area contributed by atoms with E-state index in [1.807, 2.05) is 6.92 Å². The number of rotatable bonds is 4. The van der Waals surface area contributed by atoms with Crippen molar-refractivity contribution < 1.29 is 21.9 Å². The number of ether oxygens (including phenoxy) is 1. The summed E-state index contributed by atoms with van der Waals surface area (Å²) in [5, 5.41) is 0. The molecule has 114 valence electrons. The lowest BCUT2D eigenvalue weighted by atomic mass is 10.0. The van der Waals surface area contributed by atoms with Crippen LogP contribution in [0.1, 0.15) is 32.8 Å². The van der Waals surface area contributed by atoms with E-state index in [0.29, 0.717) is 5.90 Å². The largest absolute Gasteiger partial charge is 0.434 e. The Morgan fingerprint density at radius 3 is 2.38 bits per heavy atom. The summed E-state index contributed by atoms with van der Waals surface area (Å²) in [6.45, 7) is 6.88. The van der Waals surface area contributed by atoms with Crippen molar-refractivity contribution in [1.29, 1.82) is 0 Å². The SMILES string of the molecule is CC(=O)CC1(C)C[N+](S(=O)(=O)c2ccc(C)cc2)=C(C)O1. The summed E-state index contributed by atoms with van der Waals surface area (Å²) in [5.74, 6) is 0.277. The molecule has 0 spiro atoms. The summed E-state index contributed by atoms with van der Waals surface area (Å²) < 4.78 is 32.2. The van der Waals surface area contributed by atoms with Crippen molar-refractivity contribution in [2.45, 2.75) is 44.6 Å². The van der Waals surface area contributed by atoms with Crippen LogP contribution in [0.2, 0.25) is 0 Å². The summed E-state index contributed by atoms with van der Waals surface area (Å²) in [4.78, 5) is 11.5. The third-order valence-corrected chi connectivity index (χ3v) is 5.29. The van der Waals surface area contributed by atoms with Gasteiger partial charge in [0.2, 0.25) is 6.54 Å². The molecule has 6 heteroatoms. The van der Waals surface area contributed by atoms with Crippen molar-refractivity contribution in [2.24, 2.45) is 0 Å².